The van der Waals surface area contributed by atoms with E-state index in [0.717, 1.165) is 6.42 Å². The number of nitrogens with one attached hydrogen (secondary N) is 1. The van der Waals surface area contributed by atoms with Gasteiger partial charge in [-0.25, -0.2) is 4.79 Å². The molecule has 2 heterocycles. The van der Waals surface area contributed by atoms with Crippen molar-refractivity contribution < 1.29 is 0 Å². The van der Waals surface area contributed by atoms with E-state index in [1.807, 2.05) is 6.92 Å². The summed E-state index contributed by atoms with van der Waals surface area (Å²) in [5, 5.41) is 0. The zero-order valence-electron chi connectivity index (χ0n) is 7.82. The molecule has 2 aromatic heterocycles. The molecule has 0 aliphatic rings. The fourth-order valence-corrected chi connectivity index (χ4v) is 1.40. The first-order valence-corrected chi connectivity index (χ1v) is 4.43. The number of anilines is 1. The van der Waals surface area contributed by atoms with E-state index in [0.29, 0.717) is 23.7 Å². The van der Waals surface area contributed by atoms with Gasteiger partial charge in [0.15, 0.2) is 11.6 Å². The highest BCUT2D eigenvalue weighted by Gasteiger charge is 2.06. The second-order valence-electron chi connectivity index (χ2n) is 3.05. The molecule has 74 valence electrons. The first-order valence-electron chi connectivity index (χ1n) is 4.43. The zero-order valence-corrected chi connectivity index (χ0v) is 7.82. The van der Waals surface area contributed by atoms with Crippen molar-refractivity contribution in [1.29, 1.82) is 0 Å². The number of hydrogen-bond donors (Lipinski definition) is 2. The summed E-state index contributed by atoms with van der Waals surface area (Å²) in [7, 11) is 0. The Morgan fingerprint density at radius 1 is 1.64 bits per heavy atom. The fourth-order valence-electron chi connectivity index (χ4n) is 1.40. The van der Waals surface area contributed by atoms with Crippen LogP contribution >= 0.6 is 0 Å². The van der Waals surface area contributed by atoms with Crippen LogP contribution in [0.5, 0.6) is 0 Å². The van der Waals surface area contributed by atoms with Crippen molar-refractivity contribution >= 4 is 17.1 Å². The molecular weight excluding hydrogens is 182 g/mol. The smallest absolute Gasteiger partial charge is 0.349 e. The first-order chi connectivity index (χ1) is 6.72. The number of aromatic amines is 1. The summed E-state index contributed by atoms with van der Waals surface area (Å²) >= 11 is 0. The second-order valence-corrected chi connectivity index (χ2v) is 3.05. The van der Waals surface area contributed by atoms with E-state index in [-0.39, 0.29) is 5.69 Å². The van der Waals surface area contributed by atoms with Gasteiger partial charge in [-0.1, -0.05) is 6.92 Å². The van der Waals surface area contributed by atoms with Crippen molar-refractivity contribution in [3.63, 3.8) is 0 Å². The lowest BCUT2D eigenvalue weighted by molar-refractivity contribution is 0.655. The van der Waals surface area contributed by atoms with E-state index < -0.39 is 0 Å². The van der Waals surface area contributed by atoms with E-state index in [1.165, 1.54) is 10.8 Å². The molecule has 0 atom stereocenters. The third-order valence-electron chi connectivity index (χ3n) is 1.97. The number of imidazole rings is 1. The molecule has 0 bridgehead atoms. The maximum atomic E-state index is 11.4. The first kappa shape index (κ1) is 8.74. The van der Waals surface area contributed by atoms with Crippen LogP contribution < -0.4 is 11.4 Å². The number of aromatic nitrogens is 4. The maximum absolute atomic E-state index is 11.4. The van der Waals surface area contributed by atoms with Crippen LogP contribution in [0, 0.1) is 0 Å². The summed E-state index contributed by atoms with van der Waals surface area (Å²) in [6.45, 7) is 2.59. The quantitative estimate of drug-likeness (QED) is 0.708. The molecule has 0 fully saturated rings. The van der Waals surface area contributed by atoms with E-state index in [4.69, 9.17) is 5.73 Å². The lowest BCUT2D eigenvalue weighted by Gasteiger charge is -2.01. The molecule has 0 aromatic carbocycles. The zero-order chi connectivity index (χ0) is 10.1. The summed E-state index contributed by atoms with van der Waals surface area (Å²) in [5.74, 6) is 0.303. The van der Waals surface area contributed by atoms with E-state index in [1.54, 1.807) is 0 Å². The Hall–Kier alpha value is -1.85. The highest BCUT2D eigenvalue weighted by molar-refractivity contribution is 5.72. The molecule has 0 aliphatic carbocycles. The van der Waals surface area contributed by atoms with Gasteiger partial charge in [-0.15, -0.1) is 0 Å². The number of nitrogen functional groups attached to an aromatic ring is 1. The van der Waals surface area contributed by atoms with Crippen LogP contribution in [0.15, 0.2) is 11.0 Å². The van der Waals surface area contributed by atoms with Gasteiger partial charge in [-0.05, 0) is 6.42 Å². The average Bonchev–Trinajstić information content (AvgIpc) is 2.51. The second kappa shape index (κ2) is 3.13. The topological polar surface area (TPSA) is 89.6 Å². The highest BCUT2D eigenvalue weighted by Crippen LogP contribution is 2.08. The predicted octanol–water partition coefficient (Wildman–Crippen LogP) is 0.112. The summed E-state index contributed by atoms with van der Waals surface area (Å²) in [6.07, 6.45) is 2.31. The fraction of sp³-hybridized carbons (Fsp3) is 0.375. The lowest BCUT2D eigenvalue weighted by Crippen LogP contribution is -2.22. The van der Waals surface area contributed by atoms with Crippen LogP contribution in [-0.4, -0.2) is 19.5 Å². The van der Waals surface area contributed by atoms with Crippen LogP contribution in [0.3, 0.4) is 0 Å². The number of rotatable bonds is 2. The van der Waals surface area contributed by atoms with E-state index in [2.05, 4.69) is 15.0 Å². The molecule has 3 N–H and O–H groups in total. The predicted molar refractivity (Wildman–Crippen MR) is 52.9 cm³/mol. The molecule has 2 aromatic rings. The molecule has 0 unspecified atom stereocenters. The molecule has 0 saturated carbocycles. The molecule has 6 nitrogen and oxygen atoms in total. The van der Waals surface area contributed by atoms with Gasteiger partial charge in [0.25, 0.3) is 0 Å². The Labute approximate surface area is 79.8 Å². The SMILES string of the molecule is CCCn1c(=O)ncc2[nH]c(N)nc21. The molecule has 14 heavy (non-hydrogen) atoms. The van der Waals surface area contributed by atoms with E-state index in [9.17, 15) is 4.79 Å². The van der Waals surface area contributed by atoms with Crippen molar-refractivity contribution in [3.8, 4) is 0 Å². The van der Waals surface area contributed by atoms with Gasteiger partial charge in [0, 0.05) is 6.54 Å². The number of fused-ring (bicyclic) bond motifs is 1. The molecule has 0 amide bonds. The Balaban J connectivity index is 2.75. The van der Waals surface area contributed by atoms with E-state index >= 15 is 0 Å². The van der Waals surface area contributed by atoms with Gasteiger partial charge in [0.05, 0.1) is 6.20 Å². The Morgan fingerprint density at radius 2 is 2.43 bits per heavy atom. The molecule has 0 spiro atoms. The van der Waals surface area contributed by atoms with Crippen molar-refractivity contribution in [2.24, 2.45) is 0 Å². The van der Waals surface area contributed by atoms with Crippen molar-refractivity contribution in [1.82, 2.24) is 19.5 Å². The molecule has 0 aliphatic heterocycles. The van der Waals surface area contributed by atoms with Gasteiger partial charge in [-0.2, -0.15) is 9.97 Å². The van der Waals surface area contributed by atoms with Gasteiger partial charge in [0.2, 0.25) is 0 Å². The Morgan fingerprint density at radius 3 is 3.14 bits per heavy atom. The van der Waals surface area contributed by atoms with Crippen LogP contribution in [-0.2, 0) is 6.54 Å². The summed E-state index contributed by atoms with van der Waals surface area (Å²) in [4.78, 5) is 22.0. The maximum Gasteiger partial charge on any atom is 0.349 e. The minimum absolute atomic E-state index is 0.286. The monoisotopic (exact) mass is 193 g/mol. The minimum atomic E-state index is -0.286. The Kier molecular flexibility index (Phi) is 1.95. The normalized spacial score (nSPS) is 10.9. The summed E-state index contributed by atoms with van der Waals surface area (Å²) < 4.78 is 1.52. The van der Waals surface area contributed by atoms with Crippen molar-refractivity contribution in [2.75, 3.05) is 5.73 Å². The third kappa shape index (κ3) is 1.24. The lowest BCUT2D eigenvalue weighted by atomic mass is 10.4. The average molecular weight is 193 g/mol. The molecule has 6 heteroatoms. The molecule has 2 rings (SSSR count). The van der Waals surface area contributed by atoms with Crippen LogP contribution in [0.1, 0.15) is 13.3 Å². The van der Waals surface area contributed by atoms with Gasteiger partial charge < -0.3 is 10.7 Å². The van der Waals surface area contributed by atoms with Crippen molar-refractivity contribution in [3.05, 3.63) is 16.7 Å². The number of H-pyrrole nitrogens is 1. The number of aryl methyl sites for hydroxylation is 1. The summed E-state index contributed by atoms with van der Waals surface area (Å²) in [5.41, 5.74) is 6.47. The standard InChI is InChI=1S/C8H11N5O/c1-2-3-13-6-5(4-10-8(13)14)11-7(9)12-6/h4H,2-3H2,1H3,(H3,9,11,12). The molecular formula is C8H11N5O. The van der Waals surface area contributed by atoms with Crippen molar-refractivity contribution in [2.45, 2.75) is 19.9 Å². The van der Waals surface area contributed by atoms with Gasteiger partial charge >= 0.3 is 5.69 Å². The van der Waals surface area contributed by atoms with Crippen LogP contribution in [0.4, 0.5) is 5.95 Å². The Bertz CT molecular complexity index is 512. The molecule has 0 saturated heterocycles. The van der Waals surface area contributed by atoms with Crippen LogP contribution in [0.25, 0.3) is 11.2 Å². The number of nitrogens with zero attached hydrogens (tertiary/aromatic N) is 3. The number of nitrogens with two attached hydrogens (primary N) is 1. The largest absolute Gasteiger partial charge is 0.369 e. The summed E-state index contributed by atoms with van der Waals surface area (Å²) in [6, 6.07) is 0. The van der Waals surface area contributed by atoms with Gasteiger partial charge in [-0.3, -0.25) is 4.57 Å². The number of hydrogen-bond acceptors (Lipinski definition) is 4. The highest BCUT2D eigenvalue weighted by atomic mass is 16.1. The molecule has 0 radical (unpaired) electrons. The minimum Gasteiger partial charge on any atom is -0.369 e. The third-order valence-corrected chi connectivity index (χ3v) is 1.97. The van der Waals surface area contributed by atoms with Crippen LogP contribution in [0.2, 0.25) is 0 Å². The van der Waals surface area contributed by atoms with Gasteiger partial charge in [0.1, 0.15) is 5.52 Å².